The van der Waals surface area contributed by atoms with Gasteiger partial charge in [-0.15, -0.1) is 0 Å². The van der Waals surface area contributed by atoms with E-state index in [2.05, 4.69) is 20.3 Å². The maximum Gasteiger partial charge on any atom is 0.257 e. The van der Waals surface area contributed by atoms with Gasteiger partial charge in [0, 0.05) is 43.7 Å². The summed E-state index contributed by atoms with van der Waals surface area (Å²) < 4.78 is 15.0. The van der Waals surface area contributed by atoms with Gasteiger partial charge in [-0.3, -0.25) is 4.79 Å². The number of hydrogen-bond donors (Lipinski definition) is 3. The van der Waals surface area contributed by atoms with Crippen molar-refractivity contribution in [2.75, 3.05) is 32.7 Å². The number of aromatic nitrogens is 5. The van der Waals surface area contributed by atoms with Crippen LogP contribution in [0.5, 0.6) is 0 Å². The molecule has 6 rings (SSSR count). The number of aliphatic hydroxyl groups is 1. The van der Waals surface area contributed by atoms with Crippen molar-refractivity contribution in [1.29, 1.82) is 0 Å². The fourth-order valence-electron chi connectivity index (χ4n) is 4.87. The highest BCUT2D eigenvalue weighted by atomic mass is 16.5. The molecule has 2 aromatic heterocycles. The number of rotatable bonds is 6. The van der Waals surface area contributed by atoms with Crippen LogP contribution in [0.1, 0.15) is 29.2 Å². The topological polar surface area (TPSA) is 128 Å². The first-order valence-corrected chi connectivity index (χ1v) is 11.7. The van der Waals surface area contributed by atoms with Gasteiger partial charge in [0.2, 0.25) is 0 Å². The molecule has 0 spiro atoms. The van der Waals surface area contributed by atoms with Crippen molar-refractivity contribution in [3.63, 3.8) is 0 Å². The minimum absolute atomic E-state index is 0.0294. The lowest BCUT2D eigenvalue weighted by Crippen LogP contribution is -2.50. The number of nitrogens with one attached hydrogen (secondary N) is 2. The number of nitrogens with zero attached hydrogens (tertiary/aromatic N) is 5. The van der Waals surface area contributed by atoms with Crippen LogP contribution in [0.25, 0.3) is 28.3 Å². The summed E-state index contributed by atoms with van der Waals surface area (Å²) >= 11 is 0. The summed E-state index contributed by atoms with van der Waals surface area (Å²) in [6.07, 6.45) is 6.21. The van der Waals surface area contributed by atoms with Crippen LogP contribution in [0, 0.1) is 0 Å². The third kappa shape index (κ3) is 3.54. The second-order valence-corrected chi connectivity index (χ2v) is 9.00. The van der Waals surface area contributed by atoms with Gasteiger partial charge in [-0.1, -0.05) is 0 Å². The maximum atomic E-state index is 13.0. The molecule has 3 aliphatic heterocycles. The number of ether oxygens (including phenoxy) is 2. The Hall–Kier alpha value is -3.54. The minimum Gasteiger partial charge on any atom is -0.391 e. The Morgan fingerprint density at radius 2 is 2.14 bits per heavy atom. The van der Waals surface area contributed by atoms with Crippen molar-refractivity contribution in [3.05, 3.63) is 42.4 Å². The van der Waals surface area contributed by atoms with Crippen LogP contribution in [0.15, 0.2) is 36.8 Å². The number of fused-ring (bicyclic) bond motifs is 2. The average molecular weight is 478 g/mol. The zero-order valence-electron chi connectivity index (χ0n) is 19.5. The molecule has 4 atom stereocenters. The Balaban J connectivity index is 1.40. The van der Waals surface area contributed by atoms with E-state index >= 15 is 0 Å². The van der Waals surface area contributed by atoms with Gasteiger partial charge >= 0.3 is 0 Å². The van der Waals surface area contributed by atoms with Crippen molar-refractivity contribution in [2.45, 2.75) is 37.1 Å². The Morgan fingerprint density at radius 3 is 2.89 bits per heavy atom. The summed E-state index contributed by atoms with van der Waals surface area (Å²) in [6, 6.07) is 5.68. The lowest BCUT2D eigenvalue weighted by molar-refractivity contribution is 0.0448. The number of pyridine rings is 1. The minimum atomic E-state index is -0.506. The van der Waals surface area contributed by atoms with Gasteiger partial charge in [0.05, 0.1) is 43.3 Å². The van der Waals surface area contributed by atoms with E-state index in [9.17, 15) is 9.90 Å². The summed E-state index contributed by atoms with van der Waals surface area (Å²) in [5.74, 6) is 1.21. The monoisotopic (exact) mass is 477 g/mol. The molecule has 5 heterocycles. The fraction of sp³-hybridized carbons (Fsp3) is 0.417. The average Bonchev–Trinajstić information content (AvgIpc) is 3.63. The summed E-state index contributed by atoms with van der Waals surface area (Å²) in [7, 11) is 3.49. The zero-order valence-corrected chi connectivity index (χ0v) is 19.5. The third-order valence-electron chi connectivity index (χ3n) is 7.06. The molecule has 2 aromatic rings. The highest BCUT2D eigenvalue weighted by Gasteiger charge is 2.33. The number of anilines is 1. The van der Waals surface area contributed by atoms with E-state index in [1.165, 1.54) is 6.20 Å². The number of carbonyl (C=O) groups excluding carboxylic acids is 1. The Labute approximate surface area is 201 Å². The summed E-state index contributed by atoms with van der Waals surface area (Å²) in [5.41, 5.74) is 3.25. The van der Waals surface area contributed by atoms with Crippen molar-refractivity contribution in [2.24, 2.45) is 0 Å². The number of amides is 1. The van der Waals surface area contributed by atoms with Gasteiger partial charge in [-0.2, -0.15) is 9.61 Å². The predicted molar refractivity (Wildman–Crippen MR) is 128 cm³/mol. The summed E-state index contributed by atoms with van der Waals surface area (Å²) in [4.78, 5) is 22.5. The first-order chi connectivity index (χ1) is 17.1. The van der Waals surface area contributed by atoms with E-state index in [1.54, 1.807) is 24.9 Å². The molecule has 11 heteroatoms. The van der Waals surface area contributed by atoms with E-state index in [0.29, 0.717) is 42.4 Å². The molecular weight excluding hydrogens is 450 g/mol. The molecule has 0 bridgehead atoms. The SMILES string of the molecule is CNc1cc(-c2cnc3n([C@H]4COC[C@@H]4OC)cccc2-3)nc2c(C(=O)N[C@H]3CC[C@@H]3O)cnn12. The summed E-state index contributed by atoms with van der Waals surface area (Å²) in [5, 5.41) is 20.3. The van der Waals surface area contributed by atoms with Crippen LogP contribution in [0.4, 0.5) is 5.82 Å². The lowest BCUT2D eigenvalue weighted by Gasteiger charge is -2.32. The molecule has 2 fully saturated rings. The second-order valence-electron chi connectivity index (χ2n) is 9.00. The zero-order chi connectivity index (χ0) is 24.1. The third-order valence-corrected chi connectivity index (χ3v) is 7.06. The molecule has 1 saturated heterocycles. The van der Waals surface area contributed by atoms with E-state index < -0.39 is 6.10 Å². The van der Waals surface area contributed by atoms with E-state index in [-0.39, 0.29) is 24.1 Å². The molecule has 0 radical (unpaired) electrons. The molecule has 182 valence electrons. The molecule has 1 aliphatic carbocycles. The predicted octanol–water partition coefficient (Wildman–Crippen LogP) is 1.58. The van der Waals surface area contributed by atoms with Crippen molar-refractivity contribution >= 4 is 17.4 Å². The van der Waals surface area contributed by atoms with Gasteiger partial charge in [0.1, 0.15) is 23.3 Å². The van der Waals surface area contributed by atoms with Crippen LogP contribution >= 0.6 is 0 Å². The smallest absolute Gasteiger partial charge is 0.257 e. The van der Waals surface area contributed by atoms with Crippen molar-refractivity contribution in [1.82, 2.24) is 29.5 Å². The Bertz CT molecular complexity index is 1370. The van der Waals surface area contributed by atoms with Gasteiger partial charge in [0.15, 0.2) is 5.65 Å². The Morgan fingerprint density at radius 1 is 1.26 bits per heavy atom. The molecule has 0 aromatic carbocycles. The number of carbonyl (C=O) groups is 1. The van der Waals surface area contributed by atoms with Crippen LogP contribution in [-0.4, -0.2) is 80.8 Å². The van der Waals surface area contributed by atoms with E-state index in [0.717, 1.165) is 23.4 Å². The molecule has 1 saturated carbocycles. The number of hydrogen-bond acceptors (Lipinski definition) is 8. The van der Waals surface area contributed by atoms with Crippen molar-refractivity contribution < 1.29 is 19.4 Å². The van der Waals surface area contributed by atoms with Crippen LogP contribution in [0.3, 0.4) is 0 Å². The van der Waals surface area contributed by atoms with Gasteiger partial charge in [-0.05, 0) is 25.0 Å². The molecular formula is C24H27N7O4. The standard InChI is InChI=1S/C24H27N7O4/c1-25-21-8-17(28-23-15(10-27-31(21)23)24(33)29-16-5-6-19(16)32)14-9-26-22-13(14)4-3-7-30(22)18-11-35-12-20(18)34-2/h3-4,7-10,16,18-20,25,32H,5-6,11-12H2,1-2H3,(H,29,33)/t16-,18-,19-,20-/m0/s1. The molecule has 4 aliphatic rings. The lowest BCUT2D eigenvalue weighted by atomic mass is 9.89. The van der Waals surface area contributed by atoms with Crippen molar-refractivity contribution in [3.8, 4) is 22.6 Å². The largest absolute Gasteiger partial charge is 0.391 e. The first-order valence-electron chi connectivity index (χ1n) is 11.7. The van der Waals surface area contributed by atoms with Gasteiger partial charge in [-0.25, -0.2) is 9.97 Å². The number of methoxy groups -OCH3 is 1. The van der Waals surface area contributed by atoms with E-state index in [1.807, 2.05) is 24.4 Å². The highest BCUT2D eigenvalue weighted by molar-refractivity contribution is 6.00. The molecule has 1 amide bonds. The van der Waals surface area contributed by atoms with Gasteiger partial charge < -0.3 is 29.8 Å². The molecule has 11 nitrogen and oxygen atoms in total. The fourth-order valence-corrected chi connectivity index (χ4v) is 4.87. The van der Waals surface area contributed by atoms with Gasteiger partial charge in [0.25, 0.3) is 5.91 Å². The normalized spacial score (nSPS) is 24.1. The Kier molecular flexibility index (Phi) is 5.39. The quantitative estimate of drug-likeness (QED) is 0.382. The molecule has 35 heavy (non-hydrogen) atoms. The highest BCUT2D eigenvalue weighted by Crippen LogP contribution is 2.36. The van der Waals surface area contributed by atoms with Crippen LogP contribution in [0.2, 0.25) is 0 Å². The summed E-state index contributed by atoms with van der Waals surface area (Å²) in [6.45, 7) is 1.11. The number of aliphatic hydroxyl groups excluding tert-OH is 1. The molecule has 3 N–H and O–H groups in total. The second kappa shape index (κ2) is 8.59. The maximum absolute atomic E-state index is 13.0. The van der Waals surface area contributed by atoms with Crippen LogP contribution < -0.4 is 10.6 Å². The van der Waals surface area contributed by atoms with Crippen LogP contribution in [-0.2, 0) is 9.47 Å². The molecule has 0 unspecified atom stereocenters. The van der Waals surface area contributed by atoms with E-state index in [4.69, 9.17) is 19.4 Å². The first kappa shape index (κ1) is 22.0.